The second kappa shape index (κ2) is 10.2. The van der Waals surface area contributed by atoms with E-state index in [-0.39, 0.29) is 23.5 Å². The number of hydrogen-bond acceptors (Lipinski definition) is 3. The van der Waals surface area contributed by atoms with E-state index in [0.717, 1.165) is 38.8 Å². The molecule has 0 radical (unpaired) electrons. The maximum Gasteiger partial charge on any atom is 0.237 e. The van der Waals surface area contributed by atoms with Crippen LogP contribution in [0.1, 0.15) is 51.5 Å². The number of rotatable bonds is 6. The van der Waals surface area contributed by atoms with Crippen molar-refractivity contribution in [2.45, 2.75) is 64.5 Å². The van der Waals surface area contributed by atoms with Crippen LogP contribution < -0.4 is 5.32 Å². The van der Waals surface area contributed by atoms with E-state index < -0.39 is 0 Å². The lowest BCUT2D eigenvalue weighted by atomic mass is 9.95. The van der Waals surface area contributed by atoms with Crippen molar-refractivity contribution in [1.82, 2.24) is 15.1 Å². The predicted molar refractivity (Wildman–Crippen MR) is 112 cm³/mol. The van der Waals surface area contributed by atoms with Crippen molar-refractivity contribution >= 4 is 11.8 Å². The molecule has 1 N–H and O–H groups in total. The van der Waals surface area contributed by atoms with Gasteiger partial charge in [0.2, 0.25) is 11.8 Å². The van der Waals surface area contributed by atoms with Crippen molar-refractivity contribution in [1.29, 1.82) is 0 Å². The molecular formula is C23H34FN3O2. The van der Waals surface area contributed by atoms with Gasteiger partial charge < -0.3 is 10.2 Å². The molecule has 2 fully saturated rings. The molecule has 0 spiro atoms. The number of halogens is 1. The van der Waals surface area contributed by atoms with Crippen LogP contribution in [0.25, 0.3) is 0 Å². The summed E-state index contributed by atoms with van der Waals surface area (Å²) in [5.74, 6) is 0.0231. The van der Waals surface area contributed by atoms with Crippen LogP contribution in [0.2, 0.25) is 0 Å². The molecule has 2 heterocycles. The Labute approximate surface area is 173 Å². The van der Waals surface area contributed by atoms with E-state index in [1.165, 1.54) is 12.5 Å². The van der Waals surface area contributed by atoms with Gasteiger partial charge in [0, 0.05) is 24.5 Å². The Morgan fingerprint density at radius 2 is 1.72 bits per heavy atom. The molecule has 29 heavy (non-hydrogen) atoms. The smallest absolute Gasteiger partial charge is 0.237 e. The average molecular weight is 404 g/mol. The fourth-order valence-corrected chi connectivity index (χ4v) is 4.70. The van der Waals surface area contributed by atoms with E-state index in [2.05, 4.69) is 29.0 Å². The fourth-order valence-electron chi connectivity index (χ4n) is 4.70. The molecule has 2 atom stereocenters. The molecule has 1 aromatic rings. The minimum Gasteiger partial charge on any atom is -0.356 e. The molecule has 2 amide bonds. The number of amides is 2. The molecule has 1 aromatic carbocycles. The highest BCUT2D eigenvalue weighted by Crippen LogP contribution is 2.24. The van der Waals surface area contributed by atoms with Crippen LogP contribution in [0.5, 0.6) is 0 Å². The second-order valence-electron chi connectivity index (χ2n) is 8.61. The van der Waals surface area contributed by atoms with E-state index >= 15 is 0 Å². The highest BCUT2D eigenvalue weighted by Gasteiger charge is 2.31. The number of likely N-dealkylation sites (tertiary alicyclic amines) is 2. The third-order valence-corrected chi connectivity index (χ3v) is 6.45. The maximum absolute atomic E-state index is 13.6. The highest BCUT2D eigenvalue weighted by atomic mass is 19.1. The first kappa shape index (κ1) is 21.8. The fraction of sp³-hybridized carbons (Fsp3) is 0.652. The van der Waals surface area contributed by atoms with Gasteiger partial charge in [-0.05, 0) is 77.1 Å². The molecule has 2 aliphatic heterocycles. The highest BCUT2D eigenvalue weighted by molar-refractivity contribution is 5.80. The van der Waals surface area contributed by atoms with Crippen molar-refractivity contribution in [3.8, 4) is 0 Å². The van der Waals surface area contributed by atoms with Gasteiger partial charge in [0.1, 0.15) is 5.82 Å². The molecule has 2 aliphatic rings. The van der Waals surface area contributed by atoms with Crippen LogP contribution in [0, 0.1) is 11.7 Å². The number of nitrogens with one attached hydrogen (secondary N) is 1. The monoisotopic (exact) mass is 403 g/mol. The Bertz CT molecular complexity index is 693. The molecule has 3 rings (SSSR count). The van der Waals surface area contributed by atoms with E-state index in [4.69, 9.17) is 0 Å². The number of nitrogens with zero attached hydrogens (tertiary/aromatic N) is 2. The van der Waals surface area contributed by atoms with Gasteiger partial charge in [-0.15, -0.1) is 0 Å². The Hall–Kier alpha value is -1.95. The summed E-state index contributed by atoms with van der Waals surface area (Å²) in [4.78, 5) is 29.5. The van der Waals surface area contributed by atoms with Crippen LogP contribution >= 0.6 is 0 Å². The van der Waals surface area contributed by atoms with E-state index in [0.29, 0.717) is 37.2 Å². The van der Waals surface area contributed by atoms with Crippen molar-refractivity contribution < 1.29 is 14.0 Å². The molecular weight excluding hydrogens is 369 g/mol. The molecule has 2 saturated heterocycles. The second-order valence-corrected chi connectivity index (χ2v) is 8.61. The zero-order valence-corrected chi connectivity index (χ0v) is 17.7. The maximum atomic E-state index is 13.6. The zero-order chi connectivity index (χ0) is 20.8. The van der Waals surface area contributed by atoms with Gasteiger partial charge >= 0.3 is 0 Å². The third kappa shape index (κ3) is 5.78. The Balaban J connectivity index is 1.39. The van der Waals surface area contributed by atoms with Gasteiger partial charge in [0.05, 0.1) is 6.54 Å². The SMILES string of the molecule is C[C@H]1CCC[C@H](C)N1C(=O)CN1CCC(C(=O)NCCc2ccccc2F)CC1. The molecule has 5 nitrogen and oxygen atoms in total. The van der Waals surface area contributed by atoms with Gasteiger partial charge in [-0.25, -0.2) is 4.39 Å². The molecule has 0 aromatic heterocycles. The first-order valence-corrected chi connectivity index (χ1v) is 11.0. The molecule has 0 aliphatic carbocycles. The Morgan fingerprint density at radius 1 is 1.07 bits per heavy atom. The largest absolute Gasteiger partial charge is 0.356 e. The number of hydrogen-bond donors (Lipinski definition) is 1. The van der Waals surface area contributed by atoms with Crippen molar-refractivity contribution in [3.63, 3.8) is 0 Å². The van der Waals surface area contributed by atoms with E-state index in [1.54, 1.807) is 12.1 Å². The Kier molecular flexibility index (Phi) is 7.64. The lowest BCUT2D eigenvalue weighted by Crippen LogP contribution is -2.52. The van der Waals surface area contributed by atoms with Gasteiger partial charge in [-0.3, -0.25) is 14.5 Å². The van der Waals surface area contributed by atoms with Crippen molar-refractivity contribution in [2.24, 2.45) is 5.92 Å². The number of piperidine rings is 2. The quantitative estimate of drug-likeness (QED) is 0.795. The number of carbonyl (C=O) groups is 2. The standard InChI is InChI=1S/C23H34FN3O2/c1-17-6-5-7-18(2)27(17)22(28)16-26-14-11-20(12-15-26)23(29)25-13-10-19-8-3-4-9-21(19)24/h3-4,8-9,17-18,20H,5-7,10-16H2,1-2H3,(H,25,29)/t17-,18-/m0/s1. The number of benzene rings is 1. The molecule has 0 bridgehead atoms. The molecule has 0 unspecified atom stereocenters. The lowest BCUT2D eigenvalue weighted by molar-refractivity contribution is -0.139. The summed E-state index contributed by atoms with van der Waals surface area (Å²) in [5.41, 5.74) is 0.627. The van der Waals surface area contributed by atoms with Crippen LogP contribution in [0.15, 0.2) is 24.3 Å². The normalized spacial score (nSPS) is 23.8. The summed E-state index contributed by atoms with van der Waals surface area (Å²) in [6, 6.07) is 7.32. The minimum absolute atomic E-state index is 0.0187. The van der Waals surface area contributed by atoms with Gasteiger partial charge in [-0.1, -0.05) is 18.2 Å². The van der Waals surface area contributed by atoms with Crippen LogP contribution in [-0.4, -0.2) is 59.9 Å². The van der Waals surface area contributed by atoms with Crippen molar-refractivity contribution in [2.75, 3.05) is 26.2 Å². The van der Waals surface area contributed by atoms with E-state index in [9.17, 15) is 14.0 Å². The summed E-state index contributed by atoms with van der Waals surface area (Å²) in [6.07, 6.45) is 5.41. The van der Waals surface area contributed by atoms with Gasteiger partial charge in [0.15, 0.2) is 0 Å². The predicted octanol–water partition coefficient (Wildman–Crippen LogP) is 2.99. The van der Waals surface area contributed by atoms with E-state index in [1.807, 2.05) is 6.07 Å². The van der Waals surface area contributed by atoms with Gasteiger partial charge in [0.25, 0.3) is 0 Å². The summed E-state index contributed by atoms with van der Waals surface area (Å²) in [5, 5.41) is 2.95. The zero-order valence-electron chi connectivity index (χ0n) is 17.7. The topological polar surface area (TPSA) is 52.7 Å². The number of carbonyl (C=O) groups excluding carboxylic acids is 2. The average Bonchev–Trinajstić information content (AvgIpc) is 2.70. The lowest BCUT2D eigenvalue weighted by Gasteiger charge is -2.41. The van der Waals surface area contributed by atoms with Crippen molar-refractivity contribution in [3.05, 3.63) is 35.6 Å². The summed E-state index contributed by atoms with van der Waals surface area (Å²) >= 11 is 0. The summed E-state index contributed by atoms with van der Waals surface area (Å²) < 4.78 is 13.6. The molecule has 6 heteroatoms. The van der Waals surface area contributed by atoms with Crippen LogP contribution in [-0.2, 0) is 16.0 Å². The van der Waals surface area contributed by atoms with Crippen LogP contribution in [0.3, 0.4) is 0 Å². The summed E-state index contributed by atoms with van der Waals surface area (Å²) in [6.45, 7) is 6.73. The van der Waals surface area contributed by atoms with Gasteiger partial charge in [-0.2, -0.15) is 0 Å². The molecule has 160 valence electrons. The summed E-state index contributed by atoms with van der Waals surface area (Å²) in [7, 11) is 0. The third-order valence-electron chi connectivity index (χ3n) is 6.45. The Morgan fingerprint density at radius 3 is 2.38 bits per heavy atom. The first-order valence-electron chi connectivity index (χ1n) is 11.0. The van der Waals surface area contributed by atoms with Crippen LogP contribution in [0.4, 0.5) is 4.39 Å². The first-order chi connectivity index (χ1) is 14.0. The minimum atomic E-state index is -0.225. The molecule has 0 saturated carbocycles.